The molecule has 1 N–H and O–H groups in total. The van der Waals surface area contributed by atoms with Crippen molar-refractivity contribution in [3.8, 4) is 0 Å². The minimum atomic E-state index is 0.592. The lowest BCUT2D eigenvalue weighted by molar-refractivity contribution is 0.273. The van der Waals surface area contributed by atoms with Crippen molar-refractivity contribution in [2.24, 2.45) is 16.8 Å². The van der Waals surface area contributed by atoms with Gasteiger partial charge >= 0.3 is 0 Å². The molecule has 2 fully saturated rings. The van der Waals surface area contributed by atoms with Crippen molar-refractivity contribution in [3.63, 3.8) is 0 Å². The first kappa shape index (κ1) is 14.2. The molecule has 0 aromatic carbocycles. The van der Waals surface area contributed by atoms with Crippen molar-refractivity contribution in [2.75, 3.05) is 6.54 Å². The van der Waals surface area contributed by atoms with Gasteiger partial charge in [-0.15, -0.1) is 0 Å². The molecule has 0 amide bonds. The van der Waals surface area contributed by atoms with Crippen LogP contribution < -0.4 is 5.32 Å². The van der Waals surface area contributed by atoms with Crippen LogP contribution in [0, 0.1) is 11.8 Å². The Morgan fingerprint density at radius 2 is 2.06 bits per heavy atom. The van der Waals surface area contributed by atoms with Crippen LogP contribution in [0.15, 0.2) is 4.99 Å². The summed E-state index contributed by atoms with van der Waals surface area (Å²) in [5.41, 5.74) is 0. The van der Waals surface area contributed by atoms with E-state index in [9.17, 15) is 0 Å². The molecule has 4 unspecified atom stereocenters. The maximum absolute atomic E-state index is 4.77. The van der Waals surface area contributed by atoms with Gasteiger partial charge in [-0.2, -0.15) is 0 Å². The van der Waals surface area contributed by atoms with Gasteiger partial charge in [0, 0.05) is 17.8 Å². The summed E-state index contributed by atoms with van der Waals surface area (Å²) in [5, 5.41) is 5.41. The first-order chi connectivity index (χ1) is 8.63. The van der Waals surface area contributed by atoms with Crippen molar-refractivity contribution in [2.45, 2.75) is 70.6 Å². The summed E-state index contributed by atoms with van der Waals surface area (Å²) in [5.74, 6) is 1.88. The molecule has 2 rings (SSSR count). The average Bonchev–Trinajstić information content (AvgIpc) is 2.27. The minimum Gasteiger partial charge on any atom is -0.362 e. The van der Waals surface area contributed by atoms with Crippen LogP contribution >= 0.6 is 11.8 Å². The molecule has 3 heteroatoms. The van der Waals surface area contributed by atoms with Gasteiger partial charge in [0.05, 0.1) is 0 Å². The van der Waals surface area contributed by atoms with Gasteiger partial charge in [-0.25, -0.2) is 0 Å². The molecule has 1 saturated heterocycles. The molecular formula is C15H28N2S. The highest BCUT2D eigenvalue weighted by atomic mass is 32.2. The molecule has 104 valence electrons. The van der Waals surface area contributed by atoms with Gasteiger partial charge in [0.15, 0.2) is 5.17 Å². The number of rotatable bonds is 3. The van der Waals surface area contributed by atoms with E-state index in [1.165, 1.54) is 43.7 Å². The van der Waals surface area contributed by atoms with E-state index in [1.807, 2.05) is 11.8 Å². The second kappa shape index (κ2) is 6.83. The van der Waals surface area contributed by atoms with Gasteiger partial charge in [0.25, 0.3) is 0 Å². The lowest BCUT2D eigenvalue weighted by Gasteiger charge is -2.28. The van der Waals surface area contributed by atoms with E-state index in [1.54, 1.807) is 0 Å². The molecule has 1 heterocycles. The summed E-state index contributed by atoms with van der Waals surface area (Å²) in [6.45, 7) is 7.99. The maximum atomic E-state index is 4.77. The zero-order chi connectivity index (χ0) is 13.0. The van der Waals surface area contributed by atoms with E-state index < -0.39 is 0 Å². The van der Waals surface area contributed by atoms with E-state index in [0.29, 0.717) is 6.04 Å². The number of hydrogen-bond donors (Lipinski definition) is 1. The molecular weight excluding hydrogens is 240 g/mol. The standard InChI is InChI=1S/C15H28N2S/c1-11-5-4-6-14(9-11)7-8-16-15-17-12(2)10-13(3)18-15/h11-14H,4-10H2,1-3H3,(H,16,17). The van der Waals surface area contributed by atoms with E-state index in [2.05, 4.69) is 26.1 Å². The molecule has 1 aliphatic carbocycles. The molecule has 2 aliphatic rings. The highest BCUT2D eigenvalue weighted by molar-refractivity contribution is 8.14. The molecule has 0 aromatic heterocycles. The number of nitrogens with zero attached hydrogens (tertiary/aromatic N) is 1. The van der Waals surface area contributed by atoms with E-state index in [-0.39, 0.29) is 0 Å². The molecule has 0 bridgehead atoms. The second-order valence-corrected chi connectivity index (χ2v) is 7.75. The van der Waals surface area contributed by atoms with Gasteiger partial charge < -0.3 is 5.32 Å². The molecule has 0 spiro atoms. The van der Waals surface area contributed by atoms with Crippen molar-refractivity contribution < 1.29 is 0 Å². The van der Waals surface area contributed by atoms with Crippen LogP contribution in [0.5, 0.6) is 0 Å². The van der Waals surface area contributed by atoms with Gasteiger partial charge in [-0.05, 0) is 38.0 Å². The number of thioether (sulfide) groups is 1. The van der Waals surface area contributed by atoms with Crippen LogP contribution in [0.4, 0.5) is 0 Å². The Balaban J connectivity index is 1.73. The monoisotopic (exact) mass is 268 g/mol. The molecule has 1 saturated carbocycles. The Labute approximate surface area is 116 Å². The molecule has 0 aromatic rings. The van der Waals surface area contributed by atoms with E-state index >= 15 is 0 Å². The van der Waals surface area contributed by atoms with Gasteiger partial charge in [-0.3, -0.25) is 4.99 Å². The summed E-state index contributed by atoms with van der Waals surface area (Å²) < 4.78 is 0. The highest BCUT2D eigenvalue weighted by Gasteiger charge is 2.20. The largest absolute Gasteiger partial charge is 0.362 e. The predicted molar refractivity (Wildman–Crippen MR) is 82.3 cm³/mol. The fourth-order valence-corrected chi connectivity index (χ4v) is 4.49. The molecule has 1 aliphatic heterocycles. The summed E-state index contributed by atoms with van der Waals surface area (Å²) in [6.07, 6.45) is 8.28. The number of aliphatic imine (C=N–C) groups is 1. The van der Waals surface area contributed by atoms with Crippen molar-refractivity contribution in [1.29, 1.82) is 0 Å². The first-order valence-corrected chi connectivity index (χ1v) is 8.49. The third-order valence-corrected chi connectivity index (χ3v) is 5.27. The van der Waals surface area contributed by atoms with Gasteiger partial charge in [-0.1, -0.05) is 44.9 Å². The maximum Gasteiger partial charge on any atom is 0.157 e. The fourth-order valence-electron chi connectivity index (χ4n) is 3.29. The molecule has 18 heavy (non-hydrogen) atoms. The summed E-state index contributed by atoms with van der Waals surface area (Å²) in [4.78, 5) is 4.77. The Morgan fingerprint density at radius 1 is 1.22 bits per heavy atom. The molecule has 0 radical (unpaired) electrons. The summed E-state index contributed by atoms with van der Waals surface area (Å²) in [7, 11) is 0. The quantitative estimate of drug-likeness (QED) is 0.834. The molecule has 4 atom stereocenters. The Hall–Kier alpha value is -0.180. The first-order valence-electron chi connectivity index (χ1n) is 7.61. The van der Waals surface area contributed by atoms with Crippen LogP contribution in [0.25, 0.3) is 0 Å². The van der Waals surface area contributed by atoms with Crippen molar-refractivity contribution in [3.05, 3.63) is 0 Å². The van der Waals surface area contributed by atoms with Crippen molar-refractivity contribution >= 4 is 16.9 Å². The van der Waals surface area contributed by atoms with Crippen molar-refractivity contribution in [1.82, 2.24) is 5.32 Å². The average molecular weight is 268 g/mol. The van der Waals surface area contributed by atoms with Crippen LogP contribution in [0.3, 0.4) is 0 Å². The van der Waals surface area contributed by atoms with Gasteiger partial charge in [0.2, 0.25) is 0 Å². The van der Waals surface area contributed by atoms with Crippen LogP contribution in [0.2, 0.25) is 0 Å². The Morgan fingerprint density at radius 3 is 2.78 bits per heavy atom. The smallest absolute Gasteiger partial charge is 0.157 e. The van der Waals surface area contributed by atoms with Crippen LogP contribution in [-0.2, 0) is 0 Å². The van der Waals surface area contributed by atoms with Crippen LogP contribution in [-0.4, -0.2) is 23.0 Å². The van der Waals surface area contributed by atoms with E-state index in [4.69, 9.17) is 4.99 Å². The predicted octanol–water partition coefficient (Wildman–Crippen LogP) is 4.06. The number of nitrogens with one attached hydrogen (secondary N) is 1. The molecule has 2 nitrogen and oxygen atoms in total. The minimum absolute atomic E-state index is 0.592. The SMILES string of the molecule is CC1CCCC(CCN=C2NC(C)CC(C)S2)C1. The zero-order valence-corrected chi connectivity index (χ0v) is 12.9. The Bertz CT molecular complexity index is 278. The third kappa shape index (κ3) is 4.49. The lowest BCUT2D eigenvalue weighted by Crippen LogP contribution is -2.38. The van der Waals surface area contributed by atoms with E-state index in [0.717, 1.165) is 23.6 Å². The second-order valence-electron chi connectivity index (χ2n) is 6.32. The normalized spacial score (nSPS) is 39.6. The van der Waals surface area contributed by atoms with Gasteiger partial charge in [0.1, 0.15) is 0 Å². The summed E-state index contributed by atoms with van der Waals surface area (Å²) >= 11 is 1.92. The van der Waals surface area contributed by atoms with Crippen LogP contribution in [0.1, 0.15) is 59.3 Å². The zero-order valence-electron chi connectivity index (χ0n) is 12.1. The number of amidine groups is 1. The lowest BCUT2D eigenvalue weighted by atomic mass is 9.81. The highest BCUT2D eigenvalue weighted by Crippen LogP contribution is 2.30. The third-order valence-electron chi connectivity index (χ3n) is 4.21. The number of hydrogen-bond acceptors (Lipinski definition) is 2. The topological polar surface area (TPSA) is 24.4 Å². The Kier molecular flexibility index (Phi) is 5.40. The fraction of sp³-hybridized carbons (Fsp3) is 0.933. The summed E-state index contributed by atoms with van der Waals surface area (Å²) in [6, 6.07) is 0.592.